The molecule has 0 amide bonds. The zero-order valence-electron chi connectivity index (χ0n) is 9.15. The van der Waals surface area contributed by atoms with E-state index in [4.69, 9.17) is 5.73 Å². The Kier molecular flexibility index (Phi) is 2.75. The highest BCUT2D eigenvalue weighted by molar-refractivity contribution is 5.36. The minimum Gasteiger partial charge on any atom is -0.318 e. The summed E-state index contributed by atoms with van der Waals surface area (Å²) in [5, 5.41) is 0. The quantitative estimate of drug-likeness (QED) is 0.818. The molecule has 82 valence electrons. The fourth-order valence-electron chi connectivity index (χ4n) is 1.76. The van der Waals surface area contributed by atoms with Gasteiger partial charge < -0.3 is 5.73 Å². The van der Waals surface area contributed by atoms with Gasteiger partial charge in [-0.25, -0.2) is 4.39 Å². The van der Waals surface area contributed by atoms with E-state index in [1.54, 1.807) is 6.07 Å². The summed E-state index contributed by atoms with van der Waals surface area (Å²) in [5.41, 5.74) is 7.35. The molecule has 0 aromatic heterocycles. The zero-order valence-corrected chi connectivity index (χ0v) is 9.15. The molecule has 16 heavy (non-hydrogen) atoms. The van der Waals surface area contributed by atoms with Gasteiger partial charge in [0.2, 0.25) is 0 Å². The smallest absolute Gasteiger partial charge is 0.123 e. The van der Waals surface area contributed by atoms with Gasteiger partial charge in [0.05, 0.1) is 5.54 Å². The van der Waals surface area contributed by atoms with Crippen LogP contribution in [0, 0.1) is 5.82 Å². The standard InChI is InChI=1S/C14H14FN/c1-14(16,11-6-3-2-4-7-11)12-8-5-9-13(15)10-12/h2-10H,16H2,1H3. The molecule has 2 aromatic carbocycles. The van der Waals surface area contributed by atoms with Crippen molar-refractivity contribution in [1.29, 1.82) is 0 Å². The molecule has 2 aromatic rings. The highest BCUT2D eigenvalue weighted by Gasteiger charge is 2.23. The second-order valence-corrected chi connectivity index (χ2v) is 4.08. The lowest BCUT2D eigenvalue weighted by atomic mass is 9.86. The number of hydrogen-bond acceptors (Lipinski definition) is 1. The van der Waals surface area contributed by atoms with E-state index in [1.165, 1.54) is 12.1 Å². The molecular formula is C14H14FN. The summed E-state index contributed by atoms with van der Waals surface area (Å²) in [7, 11) is 0. The Hall–Kier alpha value is -1.67. The van der Waals surface area contributed by atoms with Gasteiger partial charge in [0.15, 0.2) is 0 Å². The van der Waals surface area contributed by atoms with Crippen LogP contribution >= 0.6 is 0 Å². The molecule has 0 aliphatic rings. The second kappa shape index (κ2) is 4.06. The molecule has 2 rings (SSSR count). The van der Waals surface area contributed by atoms with Crippen molar-refractivity contribution in [2.75, 3.05) is 0 Å². The summed E-state index contributed by atoms with van der Waals surface area (Å²) in [6.45, 7) is 1.89. The zero-order chi connectivity index (χ0) is 11.6. The number of benzene rings is 2. The third-order valence-corrected chi connectivity index (χ3v) is 2.80. The normalized spacial score (nSPS) is 14.4. The van der Waals surface area contributed by atoms with Gasteiger partial charge in [-0.05, 0) is 30.2 Å². The molecule has 0 saturated carbocycles. The molecule has 0 aliphatic carbocycles. The molecule has 2 heteroatoms. The van der Waals surface area contributed by atoms with E-state index >= 15 is 0 Å². The minimum atomic E-state index is -0.663. The first kappa shape index (κ1) is 10.8. The predicted molar refractivity (Wildman–Crippen MR) is 63.5 cm³/mol. The summed E-state index contributed by atoms with van der Waals surface area (Å²) >= 11 is 0. The molecule has 1 atom stereocenters. The van der Waals surface area contributed by atoms with Gasteiger partial charge >= 0.3 is 0 Å². The van der Waals surface area contributed by atoms with Crippen LogP contribution in [0.1, 0.15) is 18.1 Å². The first-order valence-corrected chi connectivity index (χ1v) is 5.21. The van der Waals surface area contributed by atoms with E-state index < -0.39 is 5.54 Å². The van der Waals surface area contributed by atoms with Crippen LogP contribution in [0.5, 0.6) is 0 Å². The Morgan fingerprint density at radius 3 is 2.19 bits per heavy atom. The average Bonchev–Trinajstić information content (AvgIpc) is 2.30. The van der Waals surface area contributed by atoms with Gasteiger partial charge in [-0.2, -0.15) is 0 Å². The molecule has 0 fully saturated rings. The van der Waals surface area contributed by atoms with Gasteiger partial charge in [0.25, 0.3) is 0 Å². The molecule has 0 radical (unpaired) electrons. The third-order valence-electron chi connectivity index (χ3n) is 2.80. The summed E-state index contributed by atoms with van der Waals surface area (Å²) < 4.78 is 13.2. The SMILES string of the molecule is CC(N)(c1ccccc1)c1cccc(F)c1. The van der Waals surface area contributed by atoms with Gasteiger partial charge in [-0.15, -0.1) is 0 Å². The first-order chi connectivity index (χ1) is 7.60. The van der Waals surface area contributed by atoms with Crippen LogP contribution in [-0.4, -0.2) is 0 Å². The predicted octanol–water partition coefficient (Wildman–Crippen LogP) is 3.05. The second-order valence-electron chi connectivity index (χ2n) is 4.08. The van der Waals surface area contributed by atoms with Gasteiger partial charge in [0, 0.05) is 0 Å². The highest BCUT2D eigenvalue weighted by Crippen LogP contribution is 2.26. The van der Waals surface area contributed by atoms with Crippen molar-refractivity contribution in [1.82, 2.24) is 0 Å². The van der Waals surface area contributed by atoms with Crippen LogP contribution in [-0.2, 0) is 5.54 Å². The maximum absolute atomic E-state index is 13.2. The van der Waals surface area contributed by atoms with E-state index in [9.17, 15) is 4.39 Å². The average molecular weight is 215 g/mol. The lowest BCUT2D eigenvalue weighted by Crippen LogP contribution is -2.34. The van der Waals surface area contributed by atoms with Crippen molar-refractivity contribution >= 4 is 0 Å². The highest BCUT2D eigenvalue weighted by atomic mass is 19.1. The Balaban J connectivity index is 2.47. The van der Waals surface area contributed by atoms with Crippen molar-refractivity contribution in [2.45, 2.75) is 12.5 Å². The van der Waals surface area contributed by atoms with Crippen LogP contribution in [0.4, 0.5) is 4.39 Å². The van der Waals surface area contributed by atoms with Gasteiger partial charge in [-0.3, -0.25) is 0 Å². The third kappa shape index (κ3) is 1.97. The summed E-state index contributed by atoms with van der Waals surface area (Å²) in [6.07, 6.45) is 0. The Morgan fingerprint density at radius 2 is 1.56 bits per heavy atom. The molecule has 1 unspecified atom stereocenters. The lowest BCUT2D eigenvalue weighted by molar-refractivity contribution is 0.581. The van der Waals surface area contributed by atoms with Crippen molar-refractivity contribution < 1.29 is 4.39 Å². The molecule has 0 heterocycles. The Labute approximate surface area is 94.7 Å². The maximum atomic E-state index is 13.2. The number of halogens is 1. The molecule has 0 saturated heterocycles. The maximum Gasteiger partial charge on any atom is 0.123 e. The Morgan fingerprint density at radius 1 is 0.938 bits per heavy atom. The van der Waals surface area contributed by atoms with Crippen LogP contribution in [0.25, 0.3) is 0 Å². The number of hydrogen-bond donors (Lipinski definition) is 1. The molecule has 1 nitrogen and oxygen atoms in total. The van der Waals surface area contributed by atoms with Crippen LogP contribution in [0.15, 0.2) is 54.6 Å². The number of rotatable bonds is 2. The Bertz CT molecular complexity index is 477. The van der Waals surface area contributed by atoms with E-state index in [0.717, 1.165) is 11.1 Å². The topological polar surface area (TPSA) is 26.0 Å². The molecular weight excluding hydrogens is 201 g/mol. The van der Waals surface area contributed by atoms with E-state index in [0.29, 0.717) is 0 Å². The largest absolute Gasteiger partial charge is 0.318 e. The van der Waals surface area contributed by atoms with Crippen molar-refractivity contribution in [3.05, 3.63) is 71.5 Å². The summed E-state index contributed by atoms with van der Waals surface area (Å²) in [5.74, 6) is -0.259. The summed E-state index contributed by atoms with van der Waals surface area (Å²) in [6, 6.07) is 16.1. The number of nitrogens with two attached hydrogens (primary N) is 1. The van der Waals surface area contributed by atoms with Gasteiger partial charge in [-0.1, -0.05) is 42.5 Å². The van der Waals surface area contributed by atoms with Crippen molar-refractivity contribution in [3.63, 3.8) is 0 Å². The monoisotopic (exact) mass is 215 g/mol. The van der Waals surface area contributed by atoms with E-state index in [2.05, 4.69) is 0 Å². The first-order valence-electron chi connectivity index (χ1n) is 5.21. The van der Waals surface area contributed by atoms with Crippen LogP contribution < -0.4 is 5.73 Å². The fourth-order valence-corrected chi connectivity index (χ4v) is 1.76. The van der Waals surface area contributed by atoms with Crippen LogP contribution in [0.2, 0.25) is 0 Å². The molecule has 0 spiro atoms. The van der Waals surface area contributed by atoms with Crippen LogP contribution in [0.3, 0.4) is 0 Å². The fraction of sp³-hybridized carbons (Fsp3) is 0.143. The molecule has 0 aliphatic heterocycles. The van der Waals surface area contributed by atoms with E-state index in [-0.39, 0.29) is 5.82 Å². The van der Waals surface area contributed by atoms with Crippen molar-refractivity contribution in [2.24, 2.45) is 5.73 Å². The van der Waals surface area contributed by atoms with E-state index in [1.807, 2.05) is 43.3 Å². The van der Waals surface area contributed by atoms with Gasteiger partial charge in [0.1, 0.15) is 5.82 Å². The molecule has 2 N–H and O–H groups in total. The lowest BCUT2D eigenvalue weighted by Gasteiger charge is -2.25. The molecule has 0 bridgehead atoms. The van der Waals surface area contributed by atoms with Crippen molar-refractivity contribution in [3.8, 4) is 0 Å². The summed E-state index contributed by atoms with van der Waals surface area (Å²) in [4.78, 5) is 0. The minimum absolute atomic E-state index is 0.259.